The highest BCUT2D eigenvalue weighted by Gasteiger charge is 2.13. The minimum atomic E-state index is -0.806. The Balaban J connectivity index is 2.70. The van der Waals surface area contributed by atoms with Crippen LogP contribution in [0, 0.1) is 0 Å². The van der Waals surface area contributed by atoms with Gasteiger partial charge in [-0.15, -0.1) is 0 Å². The molecule has 0 aromatic heterocycles. The second-order valence-corrected chi connectivity index (χ2v) is 2.30. The van der Waals surface area contributed by atoms with E-state index in [1.165, 1.54) is 6.26 Å². The first-order valence-corrected chi connectivity index (χ1v) is 3.09. The molecular formula is C7H11NO2. The second-order valence-electron chi connectivity index (χ2n) is 2.30. The van der Waals surface area contributed by atoms with Crippen LogP contribution in [-0.4, -0.2) is 30.4 Å². The Labute approximate surface area is 60.2 Å². The molecule has 56 valence electrons. The number of hydrogen-bond acceptors (Lipinski definition) is 3. The number of ether oxygens (including phenoxy) is 1. The van der Waals surface area contributed by atoms with Gasteiger partial charge in [0.2, 0.25) is 6.29 Å². The molecule has 1 aliphatic heterocycles. The zero-order valence-corrected chi connectivity index (χ0v) is 6.11. The normalized spacial score (nSPS) is 23.5. The van der Waals surface area contributed by atoms with Crippen molar-refractivity contribution in [2.24, 2.45) is 0 Å². The van der Waals surface area contributed by atoms with Crippen LogP contribution in [0.2, 0.25) is 0 Å². The number of hydrogen-bond donors (Lipinski definition) is 1. The summed E-state index contributed by atoms with van der Waals surface area (Å²) in [6.45, 7) is 0. The molecule has 0 saturated heterocycles. The van der Waals surface area contributed by atoms with E-state index in [0.717, 1.165) is 5.70 Å². The highest BCUT2D eigenvalue weighted by atomic mass is 16.6. The van der Waals surface area contributed by atoms with E-state index in [2.05, 4.69) is 0 Å². The number of allylic oxidation sites excluding steroid dienone is 2. The first-order valence-electron chi connectivity index (χ1n) is 3.09. The number of aliphatic hydroxyl groups is 1. The van der Waals surface area contributed by atoms with Crippen LogP contribution in [0.1, 0.15) is 0 Å². The van der Waals surface area contributed by atoms with Crippen LogP contribution in [0.25, 0.3) is 0 Å². The Hall–Kier alpha value is -0.960. The molecule has 0 aromatic rings. The van der Waals surface area contributed by atoms with Crippen molar-refractivity contribution in [2.45, 2.75) is 6.29 Å². The summed E-state index contributed by atoms with van der Waals surface area (Å²) in [5, 5.41) is 9.16. The van der Waals surface area contributed by atoms with Crippen molar-refractivity contribution in [1.82, 2.24) is 4.90 Å². The van der Waals surface area contributed by atoms with E-state index < -0.39 is 6.29 Å². The molecule has 1 N–H and O–H groups in total. The van der Waals surface area contributed by atoms with Crippen molar-refractivity contribution >= 4 is 0 Å². The number of likely N-dealkylation sites (N-methyl/N-ethyl adjacent to an activating group) is 1. The van der Waals surface area contributed by atoms with E-state index in [1.54, 1.807) is 6.08 Å². The maximum atomic E-state index is 9.16. The molecule has 1 aliphatic rings. The smallest absolute Gasteiger partial charge is 0.238 e. The average molecular weight is 141 g/mol. The molecule has 3 nitrogen and oxygen atoms in total. The lowest BCUT2D eigenvalue weighted by Gasteiger charge is -2.23. The van der Waals surface area contributed by atoms with Crippen molar-refractivity contribution in [1.29, 1.82) is 0 Å². The second kappa shape index (κ2) is 2.75. The fourth-order valence-electron chi connectivity index (χ4n) is 0.780. The minimum absolute atomic E-state index is 0.766. The molecule has 0 fully saturated rings. The van der Waals surface area contributed by atoms with Crippen molar-refractivity contribution in [3.05, 3.63) is 24.1 Å². The van der Waals surface area contributed by atoms with Crippen molar-refractivity contribution in [3.63, 3.8) is 0 Å². The molecule has 1 unspecified atom stereocenters. The van der Waals surface area contributed by atoms with Gasteiger partial charge in [0, 0.05) is 14.1 Å². The van der Waals surface area contributed by atoms with E-state index in [1.807, 2.05) is 25.1 Å². The summed E-state index contributed by atoms with van der Waals surface area (Å²) in [5.41, 5.74) is 0.766. The molecule has 0 aliphatic carbocycles. The maximum absolute atomic E-state index is 9.16. The largest absolute Gasteiger partial charge is 0.467 e. The van der Waals surface area contributed by atoms with Gasteiger partial charge in [-0.2, -0.15) is 0 Å². The van der Waals surface area contributed by atoms with Gasteiger partial charge in [-0.05, 0) is 12.2 Å². The summed E-state index contributed by atoms with van der Waals surface area (Å²) < 4.78 is 4.82. The molecule has 1 rings (SSSR count). The molecular weight excluding hydrogens is 130 g/mol. The van der Waals surface area contributed by atoms with Gasteiger partial charge in [0.15, 0.2) is 0 Å². The Kier molecular flexibility index (Phi) is 1.97. The molecule has 1 heterocycles. The van der Waals surface area contributed by atoms with Gasteiger partial charge in [-0.25, -0.2) is 0 Å². The molecule has 0 amide bonds. The average Bonchev–Trinajstić information content (AvgIpc) is 1.88. The predicted octanol–water partition coefficient (Wildman–Crippen LogP) is 0.294. The zero-order chi connectivity index (χ0) is 7.56. The minimum Gasteiger partial charge on any atom is -0.467 e. The molecule has 3 heteroatoms. The van der Waals surface area contributed by atoms with E-state index >= 15 is 0 Å². The van der Waals surface area contributed by atoms with Gasteiger partial charge in [0.25, 0.3) is 0 Å². The number of nitrogens with zero attached hydrogens (tertiary/aromatic N) is 1. The van der Waals surface area contributed by atoms with E-state index in [-0.39, 0.29) is 0 Å². The van der Waals surface area contributed by atoms with Gasteiger partial charge >= 0.3 is 0 Å². The number of rotatable bonds is 1. The van der Waals surface area contributed by atoms with Crippen molar-refractivity contribution in [3.8, 4) is 0 Å². The zero-order valence-electron chi connectivity index (χ0n) is 6.11. The van der Waals surface area contributed by atoms with Gasteiger partial charge in [-0.1, -0.05) is 0 Å². The van der Waals surface area contributed by atoms with Crippen LogP contribution in [0.3, 0.4) is 0 Å². The fourth-order valence-corrected chi connectivity index (χ4v) is 0.780. The third-order valence-corrected chi connectivity index (χ3v) is 1.32. The summed E-state index contributed by atoms with van der Waals surface area (Å²) in [5.74, 6) is 0. The van der Waals surface area contributed by atoms with Gasteiger partial charge in [-0.3, -0.25) is 0 Å². The summed E-state index contributed by atoms with van der Waals surface area (Å²) in [6.07, 6.45) is 4.23. The Morgan fingerprint density at radius 1 is 1.60 bits per heavy atom. The number of aliphatic hydroxyl groups excluding tert-OH is 1. The molecule has 0 aromatic carbocycles. The quantitative estimate of drug-likeness (QED) is 0.570. The Morgan fingerprint density at radius 3 is 2.70 bits per heavy atom. The highest BCUT2D eigenvalue weighted by molar-refractivity contribution is 5.15. The Morgan fingerprint density at radius 2 is 2.30 bits per heavy atom. The SMILES string of the molecule is CN(C)C1=CC=COC1O. The fraction of sp³-hybridized carbons (Fsp3) is 0.429. The summed E-state index contributed by atoms with van der Waals surface area (Å²) in [7, 11) is 3.72. The van der Waals surface area contributed by atoms with Crippen LogP contribution in [0.4, 0.5) is 0 Å². The van der Waals surface area contributed by atoms with Gasteiger partial charge < -0.3 is 14.7 Å². The van der Waals surface area contributed by atoms with Crippen LogP contribution in [0.15, 0.2) is 24.1 Å². The molecule has 0 saturated carbocycles. The van der Waals surface area contributed by atoms with Crippen LogP contribution < -0.4 is 0 Å². The summed E-state index contributed by atoms with van der Waals surface area (Å²) in [6, 6.07) is 0. The Bertz CT molecular complexity index is 172. The molecule has 0 bridgehead atoms. The lowest BCUT2D eigenvalue weighted by Crippen LogP contribution is -2.25. The monoisotopic (exact) mass is 141 g/mol. The van der Waals surface area contributed by atoms with Crippen LogP contribution in [-0.2, 0) is 4.74 Å². The van der Waals surface area contributed by atoms with Crippen LogP contribution in [0.5, 0.6) is 0 Å². The summed E-state index contributed by atoms with van der Waals surface area (Å²) >= 11 is 0. The van der Waals surface area contributed by atoms with E-state index in [4.69, 9.17) is 9.84 Å². The first-order chi connectivity index (χ1) is 4.72. The third kappa shape index (κ3) is 1.30. The standard InChI is InChI=1S/C7H11NO2/c1-8(2)6-4-3-5-10-7(6)9/h3-5,7,9H,1-2H3. The summed E-state index contributed by atoms with van der Waals surface area (Å²) in [4.78, 5) is 1.81. The predicted molar refractivity (Wildman–Crippen MR) is 38.0 cm³/mol. The first kappa shape index (κ1) is 7.15. The maximum Gasteiger partial charge on any atom is 0.238 e. The highest BCUT2D eigenvalue weighted by Crippen LogP contribution is 2.11. The van der Waals surface area contributed by atoms with E-state index in [9.17, 15) is 0 Å². The molecule has 0 radical (unpaired) electrons. The van der Waals surface area contributed by atoms with Crippen molar-refractivity contribution < 1.29 is 9.84 Å². The topological polar surface area (TPSA) is 32.7 Å². The van der Waals surface area contributed by atoms with Crippen molar-refractivity contribution in [2.75, 3.05) is 14.1 Å². The molecule has 1 atom stereocenters. The van der Waals surface area contributed by atoms with Crippen LogP contribution >= 0.6 is 0 Å². The van der Waals surface area contributed by atoms with Gasteiger partial charge in [0.1, 0.15) is 0 Å². The molecule has 0 spiro atoms. The molecule has 10 heavy (non-hydrogen) atoms. The lowest BCUT2D eigenvalue weighted by atomic mass is 10.3. The third-order valence-electron chi connectivity index (χ3n) is 1.32. The lowest BCUT2D eigenvalue weighted by molar-refractivity contribution is -0.0380. The van der Waals surface area contributed by atoms with Gasteiger partial charge in [0.05, 0.1) is 12.0 Å². The van der Waals surface area contributed by atoms with E-state index in [0.29, 0.717) is 0 Å².